The molecular weight excluding hydrogens is 264 g/mol. The van der Waals surface area contributed by atoms with E-state index in [-0.39, 0.29) is 12.4 Å². The third kappa shape index (κ3) is 6.20. The molecule has 1 heterocycles. The third-order valence-electron chi connectivity index (χ3n) is 1.77. The number of rotatable bonds is 3. The van der Waals surface area contributed by atoms with Crippen LogP contribution in [0.2, 0.25) is 0 Å². The number of aromatic nitrogens is 1. The van der Waals surface area contributed by atoms with Crippen molar-refractivity contribution in [2.75, 3.05) is 11.3 Å². The summed E-state index contributed by atoms with van der Waals surface area (Å²) in [7, 11) is -3.66. The Bertz CT molecular complexity index is 594. The number of anilines is 1. The van der Waals surface area contributed by atoms with E-state index in [0.29, 0.717) is 5.56 Å². The van der Waals surface area contributed by atoms with Crippen LogP contribution in [0.25, 0.3) is 0 Å². The van der Waals surface area contributed by atoms with Crippen molar-refractivity contribution in [2.45, 2.75) is 26.3 Å². The van der Waals surface area contributed by atoms with Crippen LogP contribution in [0.3, 0.4) is 0 Å². The van der Waals surface area contributed by atoms with Crippen molar-refractivity contribution in [1.29, 1.82) is 0 Å². The fourth-order valence-corrected chi connectivity index (χ4v) is 2.53. The monoisotopic (exact) mass is 282 g/mol. The van der Waals surface area contributed by atoms with Crippen LogP contribution < -0.4 is 15.2 Å². The molecular formula is C12H18N4O2S. The number of nitrogens with two attached hydrogens (primary N) is 1. The van der Waals surface area contributed by atoms with Gasteiger partial charge in [-0.2, -0.15) is 13.1 Å². The number of nitrogens with one attached hydrogen (secondary N) is 2. The zero-order valence-electron chi connectivity index (χ0n) is 11.2. The van der Waals surface area contributed by atoms with Gasteiger partial charge in [-0.05, 0) is 32.9 Å². The Hall–Kier alpha value is -1.62. The Morgan fingerprint density at radius 1 is 1.42 bits per heavy atom. The first-order valence-electron chi connectivity index (χ1n) is 5.68. The zero-order valence-corrected chi connectivity index (χ0v) is 12.0. The van der Waals surface area contributed by atoms with Crippen molar-refractivity contribution in [3.8, 4) is 11.8 Å². The van der Waals surface area contributed by atoms with Gasteiger partial charge in [0.2, 0.25) is 0 Å². The van der Waals surface area contributed by atoms with Crippen molar-refractivity contribution in [1.82, 2.24) is 9.71 Å². The van der Waals surface area contributed by atoms with Gasteiger partial charge in [-0.1, -0.05) is 11.8 Å². The van der Waals surface area contributed by atoms with Crippen molar-refractivity contribution in [2.24, 2.45) is 5.73 Å². The molecule has 0 unspecified atom stereocenters. The third-order valence-corrected chi connectivity index (χ3v) is 3.13. The van der Waals surface area contributed by atoms with Gasteiger partial charge in [-0.3, -0.25) is 4.72 Å². The lowest BCUT2D eigenvalue weighted by Crippen LogP contribution is -2.43. The molecule has 6 nitrogen and oxygen atoms in total. The van der Waals surface area contributed by atoms with Crippen LogP contribution in [0.15, 0.2) is 18.3 Å². The van der Waals surface area contributed by atoms with Gasteiger partial charge in [0.25, 0.3) is 0 Å². The molecule has 7 heteroatoms. The Morgan fingerprint density at radius 2 is 2.11 bits per heavy atom. The second kappa shape index (κ2) is 6.02. The van der Waals surface area contributed by atoms with E-state index in [1.807, 2.05) is 0 Å². The number of pyridine rings is 1. The van der Waals surface area contributed by atoms with Crippen LogP contribution in [0.4, 0.5) is 5.82 Å². The molecule has 1 rings (SSSR count). The van der Waals surface area contributed by atoms with E-state index < -0.39 is 15.7 Å². The first-order valence-corrected chi connectivity index (χ1v) is 7.17. The highest BCUT2D eigenvalue weighted by Crippen LogP contribution is 2.09. The minimum Gasteiger partial charge on any atom is -0.320 e. The Morgan fingerprint density at radius 3 is 2.68 bits per heavy atom. The first kappa shape index (κ1) is 15.4. The maximum absolute atomic E-state index is 11.8. The molecule has 1 aromatic heterocycles. The summed E-state index contributed by atoms with van der Waals surface area (Å²) in [6, 6.07) is 3.22. The van der Waals surface area contributed by atoms with E-state index in [1.165, 1.54) is 6.20 Å². The van der Waals surface area contributed by atoms with E-state index >= 15 is 0 Å². The highest BCUT2D eigenvalue weighted by atomic mass is 32.2. The van der Waals surface area contributed by atoms with Crippen molar-refractivity contribution in [3.05, 3.63) is 23.9 Å². The zero-order chi connectivity index (χ0) is 14.5. The minimum absolute atomic E-state index is 0.209. The Balaban J connectivity index is 2.88. The summed E-state index contributed by atoms with van der Waals surface area (Å²) in [6.07, 6.45) is 1.48. The van der Waals surface area contributed by atoms with Crippen molar-refractivity contribution in [3.63, 3.8) is 0 Å². The SMILES string of the molecule is CC(C)(C)NS(=O)(=O)Nc1cc(C#CCN)ccn1. The lowest BCUT2D eigenvalue weighted by Gasteiger charge is -2.20. The van der Waals surface area contributed by atoms with Gasteiger partial charge >= 0.3 is 10.2 Å². The molecule has 0 fully saturated rings. The molecule has 1 aromatic rings. The molecule has 0 aliphatic carbocycles. The van der Waals surface area contributed by atoms with Gasteiger partial charge in [-0.25, -0.2) is 4.98 Å². The fourth-order valence-electron chi connectivity index (χ4n) is 1.28. The molecule has 0 saturated carbocycles. The normalized spacial score (nSPS) is 11.6. The number of hydrogen-bond acceptors (Lipinski definition) is 4. The average Bonchev–Trinajstić information content (AvgIpc) is 2.22. The minimum atomic E-state index is -3.66. The van der Waals surface area contributed by atoms with Crippen LogP contribution in [0.5, 0.6) is 0 Å². The highest BCUT2D eigenvalue weighted by Gasteiger charge is 2.19. The molecule has 104 valence electrons. The smallest absolute Gasteiger partial charge is 0.300 e. The molecule has 0 amide bonds. The van der Waals surface area contributed by atoms with Crippen LogP contribution in [0, 0.1) is 11.8 Å². The molecule has 0 saturated heterocycles. The topological polar surface area (TPSA) is 97.1 Å². The molecule has 4 N–H and O–H groups in total. The van der Waals surface area contributed by atoms with E-state index in [0.717, 1.165) is 0 Å². The molecule has 0 radical (unpaired) electrons. The maximum atomic E-state index is 11.8. The Labute approximate surface area is 114 Å². The van der Waals surface area contributed by atoms with Crippen molar-refractivity contribution < 1.29 is 8.42 Å². The molecule has 0 spiro atoms. The molecule has 19 heavy (non-hydrogen) atoms. The summed E-state index contributed by atoms with van der Waals surface area (Å²) in [5, 5.41) is 0. The van der Waals surface area contributed by atoms with Crippen LogP contribution in [-0.2, 0) is 10.2 Å². The van der Waals surface area contributed by atoms with E-state index in [4.69, 9.17) is 5.73 Å². The second-order valence-electron chi connectivity index (χ2n) is 4.89. The number of nitrogens with zero attached hydrogens (tertiary/aromatic N) is 1. The maximum Gasteiger partial charge on any atom is 0.300 e. The van der Waals surface area contributed by atoms with Gasteiger partial charge < -0.3 is 5.73 Å². The summed E-state index contributed by atoms with van der Waals surface area (Å²) in [6.45, 7) is 5.50. The predicted octanol–water partition coefficient (Wildman–Crippen LogP) is 0.437. The molecule has 0 aliphatic heterocycles. The summed E-state index contributed by atoms with van der Waals surface area (Å²) in [4.78, 5) is 3.93. The summed E-state index contributed by atoms with van der Waals surface area (Å²) in [5.41, 5.74) is 5.36. The summed E-state index contributed by atoms with van der Waals surface area (Å²) >= 11 is 0. The standard InChI is InChI=1S/C12H18N4O2S/c1-12(2,3)16-19(17,18)15-11-9-10(5-4-7-13)6-8-14-11/h6,8-9,16H,7,13H2,1-3H3,(H,14,15). The van der Waals surface area contributed by atoms with E-state index in [9.17, 15) is 8.42 Å². The van der Waals surface area contributed by atoms with E-state index in [1.54, 1.807) is 32.9 Å². The molecule has 0 aliphatic rings. The lowest BCUT2D eigenvalue weighted by atomic mass is 10.1. The average molecular weight is 282 g/mol. The van der Waals surface area contributed by atoms with Gasteiger partial charge in [0.1, 0.15) is 5.82 Å². The molecule has 0 aromatic carbocycles. The summed E-state index contributed by atoms with van der Waals surface area (Å²) in [5.74, 6) is 5.71. The molecule has 0 bridgehead atoms. The van der Waals surface area contributed by atoms with Crippen LogP contribution >= 0.6 is 0 Å². The predicted molar refractivity (Wildman–Crippen MR) is 75.6 cm³/mol. The van der Waals surface area contributed by atoms with E-state index in [2.05, 4.69) is 26.3 Å². The van der Waals surface area contributed by atoms with Gasteiger partial charge in [0.05, 0.1) is 6.54 Å². The number of hydrogen-bond donors (Lipinski definition) is 3. The van der Waals surface area contributed by atoms with Crippen LogP contribution in [-0.4, -0.2) is 25.5 Å². The highest BCUT2D eigenvalue weighted by molar-refractivity contribution is 7.90. The first-order chi connectivity index (χ1) is 8.72. The lowest BCUT2D eigenvalue weighted by molar-refractivity contribution is 0.494. The molecule has 0 atom stereocenters. The van der Waals surface area contributed by atoms with Crippen molar-refractivity contribution >= 4 is 16.0 Å². The van der Waals surface area contributed by atoms with Gasteiger partial charge in [0, 0.05) is 17.3 Å². The van der Waals surface area contributed by atoms with Crippen LogP contribution in [0.1, 0.15) is 26.3 Å². The van der Waals surface area contributed by atoms with Gasteiger partial charge in [-0.15, -0.1) is 0 Å². The summed E-state index contributed by atoms with van der Waals surface area (Å²) < 4.78 is 28.5. The largest absolute Gasteiger partial charge is 0.320 e. The quantitative estimate of drug-likeness (QED) is 0.701. The Kier molecular flexibility index (Phi) is 4.89. The fraction of sp³-hybridized carbons (Fsp3) is 0.417. The second-order valence-corrected chi connectivity index (χ2v) is 6.31. The van der Waals surface area contributed by atoms with Gasteiger partial charge in [0.15, 0.2) is 0 Å².